The number of sulfonamides is 1. The van der Waals surface area contributed by atoms with Crippen LogP contribution < -0.4 is 10.0 Å². The Hall–Kier alpha value is -2.13. The van der Waals surface area contributed by atoms with E-state index in [-0.39, 0.29) is 22.9 Å². The van der Waals surface area contributed by atoms with Crippen molar-refractivity contribution < 1.29 is 22.7 Å². The number of carbonyl (C=O) groups excluding carboxylic acids is 2. The first-order chi connectivity index (χ1) is 13.8. The van der Waals surface area contributed by atoms with Crippen LogP contribution in [0.5, 0.6) is 0 Å². The Morgan fingerprint density at radius 1 is 0.966 bits per heavy atom. The largest absolute Gasteiger partial charge is 0.456 e. The second-order valence-corrected chi connectivity index (χ2v) is 8.63. The van der Waals surface area contributed by atoms with Crippen LogP contribution in [0, 0.1) is 0 Å². The molecule has 2 aromatic rings. The minimum Gasteiger partial charge on any atom is -0.456 e. The molecule has 0 aliphatic heterocycles. The molecule has 29 heavy (non-hydrogen) atoms. The molecule has 0 spiro atoms. The first-order valence-corrected chi connectivity index (χ1v) is 10.9. The average Bonchev–Trinajstić information content (AvgIpc) is 2.68. The van der Waals surface area contributed by atoms with Crippen LogP contribution in [-0.2, 0) is 30.8 Å². The summed E-state index contributed by atoms with van der Waals surface area (Å²) in [6.07, 6.45) is 0.403. The summed E-state index contributed by atoms with van der Waals surface area (Å²) < 4.78 is 31.3. The van der Waals surface area contributed by atoms with Gasteiger partial charge in [0.1, 0.15) is 0 Å². The van der Waals surface area contributed by atoms with Crippen LogP contribution in [-0.4, -0.2) is 40.0 Å². The Balaban J connectivity index is 1.63. The molecule has 0 atom stereocenters. The predicted molar refractivity (Wildman–Crippen MR) is 110 cm³/mol. The molecule has 2 rings (SSSR count). The van der Waals surface area contributed by atoms with Gasteiger partial charge in [0, 0.05) is 23.1 Å². The van der Waals surface area contributed by atoms with Crippen LogP contribution >= 0.6 is 23.2 Å². The smallest absolute Gasteiger partial charge is 0.307 e. The minimum atomic E-state index is -3.78. The Morgan fingerprint density at radius 3 is 2.38 bits per heavy atom. The zero-order valence-electron chi connectivity index (χ0n) is 15.4. The van der Waals surface area contributed by atoms with Crippen molar-refractivity contribution in [3.05, 3.63) is 64.1 Å². The summed E-state index contributed by atoms with van der Waals surface area (Å²) >= 11 is 11.6. The molecular formula is C19H20Cl2N2O5S. The number of esters is 1. The predicted octanol–water partition coefficient (Wildman–Crippen LogP) is 2.56. The molecule has 0 saturated heterocycles. The Morgan fingerprint density at radius 2 is 1.69 bits per heavy atom. The van der Waals surface area contributed by atoms with Gasteiger partial charge in [-0.15, -0.1) is 0 Å². The molecule has 0 unspecified atom stereocenters. The second-order valence-electron chi connectivity index (χ2n) is 5.99. The van der Waals surface area contributed by atoms with E-state index in [0.717, 1.165) is 5.56 Å². The van der Waals surface area contributed by atoms with Gasteiger partial charge in [-0.3, -0.25) is 9.59 Å². The number of nitrogens with one attached hydrogen (secondary N) is 2. The quantitative estimate of drug-likeness (QED) is 0.532. The lowest BCUT2D eigenvalue weighted by atomic mass is 10.1. The number of amides is 1. The standard InChI is InChI=1S/C19H20Cl2N2O5S/c20-15-6-4-14(5-7-15)8-10-22-18(24)13-28-19(25)9-11-23-29(26,27)17-3-1-2-16(21)12-17/h1-7,12,23H,8-11,13H2,(H,22,24). The van der Waals surface area contributed by atoms with Gasteiger partial charge in [0.2, 0.25) is 10.0 Å². The van der Waals surface area contributed by atoms with Crippen molar-refractivity contribution in [2.75, 3.05) is 19.7 Å². The molecule has 0 fully saturated rings. The number of benzene rings is 2. The first-order valence-electron chi connectivity index (χ1n) is 8.68. The Kier molecular flexibility index (Phi) is 8.91. The van der Waals surface area contributed by atoms with Crippen LogP contribution in [0.2, 0.25) is 10.0 Å². The highest BCUT2D eigenvalue weighted by molar-refractivity contribution is 7.89. The Bertz CT molecular complexity index is 949. The normalized spacial score (nSPS) is 11.1. The van der Waals surface area contributed by atoms with Crippen molar-refractivity contribution in [3.8, 4) is 0 Å². The van der Waals surface area contributed by atoms with Crippen molar-refractivity contribution in [1.82, 2.24) is 10.0 Å². The highest BCUT2D eigenvalue weighted by Crippen LogP contribution is 2.15. The van der Waals surface area contributed by atoms with E-state index in [9.17, 15) is 18.0 Å². The number of hydrogen-bond acceptors (Lipinski definition) is 5. The molecule has 0 aromatic heterocycles. The Labute approximate surface area is 179 Å². The van der Waals surface area contributed by atoms with Gasteiger partial charge < -0.3 is 10.1 Å². The van der Waals surface area contributed by atoms with E-state index >= 15 is 0 Å². The monoisotopic (exact) mass is 458 g/mol. The van der Waals surface area contributed by atoms with E-state index < -0.39 is 28.5 Å². The third-order valence-corrected chi connectivity index (χ3v) is 5.69. The van der Waals surface area contributed by atoms with E-state index in [1.165, 1.54) is 18.2 Å². The molecule has 0 saturated carbocycles. The molecule has 7 nitrogen and oxygen atoms in total. The molecule has 0 aliphatic carbocycles. The molecule has 1 amide bonds. The summed E-state index contributed by atoms with van der Waals surface area (Å²) in [6.45, 7) is -0.205. The van der Waals surface area contributed by atoms with Gasteiger partial charge in [-0.1, -0.05) is 41.4 Å². The third-order valence-electron chi connectivity index (χ3n) is 3.74. The lowest BCUT2D eigenvalue weighted by Gasteiger charge is -2.08. The average molecular weight is 459 g/mol. The molecule has 0 bridgehead atoms. The summed E-state index contributed by atoms with van der Waals surface area (Å²) in [4.78, 5) is 23.4. The van der Waals surface area contributed by atoms with Crippen molar-refractivity contribution in [2.45, 2.75) is 17.7 Å². The molecule has 156 valence electrons. The lowest BCUT2D eigenvalue weighted by molar-refractivity contribution is -0.148. The molecule has 0 aliphatic rings. The maximum atomic E-state index is 12.1. The zero-order valence-corrected chi connectivity index (χ0v) is 17.7. The van der Waals surface area contributed by atoms with Gasteiger partial charge in [-0.25, -0.2) is 13.1 Å². The summed E-state index contributed by atoms with van der Waals surface area (Å²) in [7, 11) is -3.78. The van der Waals surface area contributed by atoms with Crippen LogP contribution in [0.25, 0.3) is 0 Å². The number of halogens is 2. The van der Waals surface area contributed by atoms with E-state index in [4.69, 9.17) is 27.9 Å². The first kappa shape index (κ1) is 23.2. The highest BCUT2D eigenvalue weighted by atomic mass is 35.5. The fourth-order valence-electron chi connectivity index (χ4n) is 2.27. The fraction of sp³-hybridized carbons (Fsp3) is 0.263. The molecule has 0 heterocycles. The second kappa shape index (κ2) is 11.2. The van der Waals surface area contributed by atoms with Gasteiger partial charge in [-0.2, -0.15) is 0 Å². The molecular weight excluding hydrogens is 439 g/mol. The van der Waals surface area contributed by atoms with Gasteiger partial charge in [0.25, 0.3) is 5.91 Å². The number of ether oxygens (including phenoxy) is 1. The van der Waals surface area contributed by atoms with Gasteiger partial charge in [0.15, 0.2) is 6.61 Å². The van der Waals surface area contributed by atoms with E-state index in [1.54, 1.807) is 18.2 Å². The minimum absolute atomic E-state index is 0.00145. The maximum absolute atomic E-state index is 12.1. The van der Waals surface area contributed by atoms with Crippen LogP contribution in [0.4, 0.5) is 0 Å². The van der Waals surface area contributed by atoms with Gasteiger partial charge in [0.05, 0.1) is 11.3 Å². The fourth-order valence-corrected chi connectivity index (χ4v) is 3.73. The van der Waals surface area contributed by atoms with E-state index in [1.807, 2.05) is 12.1 Å². The van der Waals surface area contributed by atoms with Crippen molar-refractivity contribution in [2.24, 2.45) is 0 Å². The lowest BCUT2D eigenvalue weighted by Crippen LogP contribution is -2.31. The number of hydrogen-bond donors (Lipinski definition) is 2. The van der Waals surface area contributed by atoms with Crippen LogP contribution in [0.3, 0.4) is 0 Å². The van der Waals surface area contributed by atoms with Gasteiger partial charge >= 0.3 is 5.97 Å². The van der Waals surface area contributed by atoms with E-state index in [0.29, 0.717) is 18.0 Å². The van der Waals surface area contributed by atoms with E-state index in [2.05, 4.69) is 10.0 Å². The van der Waals surface area contributed by atoms with Crippen molar-refractivity contribution in [3.63, 3.8) is 0 Å². The third kappa shape index (κ3) is 8.41. The van der Waals surface area contributed by atoms with Crippen molar-refractivity contribution >= 4 is 45.1 Å². The SMILES string of the molecule is O=C(COC(=O)CCNS(=O)(=O)c1cccc(Cl)c1)NCCc1ccc(Cl)cc1. The molecule has 0 radical (unpaired) electrons. The zero-order chi connectivity index (χ0) is 21.3. The van der Waals surface area contributed by atoms with Crippen LogP contribution in [0.1, 0.15) is 12.0 Å². The van der Waals surface area contributed by atoms with Gasteiger partial charge in [-0.05, 0) is 42.3 Å². The number of carbonyl (C=O) groups is 2. The summed E-state index contributed by atoms with van der Waals surface area (Å²) in [6, 6.07) is 13.0. The maximum Gasteiger partial charge on any atom is 0.307 e. The molecule has 10 heteroatoms. The topological polar surface area (TPSA) is 102 Å². The van der Waals surface area contributed by atoms with Crippen LogP contribution in [0.15, 0.2) is 53.4 Å². The molecule has 2 N–H and O–H groups in total. The number of rotatable bonds is 10. The highest BCUT2D eigenvalue weighted by Gasteiger charge is 2.15. The summed E-state index contributed by atoms with van der Waals surface area (Å²) in [5.41, 5.74) is 1.01. The molecule has 2 aromatic carbocycles. The summed E-state index contributed by atoms with van der Waals surface area (Å²) in [5, 5.41) is 3.56. The summed E-state index contributed by atoms with van der Waals surface area (Å²) in [5.74, 6) is -1.13. The van der Waals surface area contributed by atoms with Crippen molar-refractivity contribution in [1.29, 1.82) is 0 Å².